The van der Waals surface area contributed by atoms with Crippen LogP contribution in [0.15, 0.2) is 24.3 Å². The van der Waals surface area contributed by atoms with E-state index in [1.165, 1.54) is 12.0 Å². The largest absolute Gasteiger partial charge is 0.300 e. The van der Waals surface area contributed by atoms with Crippen LogP contribution in [0.1, 0.15) is 30.7 Å². The number of halogens is 2. The zero-order valence-electron chi connectivity index (χ0n) is 10.9. The Kier molecular flexibility index (Phi) is 3.59. The average molecular weight is 298 g/mol. The van der Waals surface area contributed by atoms with Crippen molar-refractivity contribution in [3.8, 4) is 0 Å². The fourth-order valence-corrected chi connectivity index (χ4v) is 4.25. The zero-order chi connectivity index (χ0) is 13.6. The van der Waals surface area contributed by atoms with Crippen molar-refractivity contribution in [1.29, 1.82) is 0 Å². The van der Waals surface area contributed by atoms with Gasteiger partial charge in [0, 0.05) is 17.1 Å². The van der Waals surface area contributed by atoms with Gasteiger partial charge in [0.2, 0.25) is 5.24 Å². The van der Waals surface area contributed by atoms with E-state index in [0.29, 0.717) is 12.1 Å². The number of fused-ring (bicyclic) bond motifs is 2. The molecular formula is C15H17Cl2NO. The van der Waals surface area contributed by atoms with Gasteiger partial charge in [0.25, 0.3) is 0 Å². The molecule has 2 bridgehead atoms. The summed E-state index contributed by atoms with van der Waals surface area (Å²) < 4.78 is 0. The smallest absolute Gasteiger partial charge is 0.226 e. The van der Waals surface area contributed by atoms with E-state index < -0.39 is 0 Å². The van der Waals surface area contributed by atoms with Crippen molar-refractivity contribution >= 4 is 28.4 Å². The summed E-state index contributed by atoms with van der Waals surface area (Å²) in [5.74, 6) is 0.141. The third-order valence-electron chi connectivity index (χ3n) is 4.83. The Hall–Kier alpha value is -0.570. The summed E-state index contributed by atoms with van der Waals surface area (Å²) in [6, 6.07) is 8.73. The van der Waals surface area contributed by atoms with Crippen LogP contribution in [0.25, 0.3) is 0 Å². The first kappa shape index (κ1) is 13.4. The summed E-state index contributed by atoms with van der Waals surface area (Å²) in [5.41, 5.74) is 1.19. The lowest BCUT2D eigenvalue weighted by Crippen LogP contribution is -2.47. The maximum atomic E-state index is 11.9. The van der Waals surface area contributed by atoms with Crippen LogP contribution in [0, 0.1) is 5.92 Å². The summed E-state index contributed by atoms with van der Waals surface area (Å²) in [4.78, 5) is 14.2. The number of hydrogen-bond acceptors (Lipinski definition) is 2. The Balaban J connectivity index is 1.95. The van der Waals surface area contributed by atoms with E-state index in [1.807, 2.05) is 24.3 Å². The Bertz CT molecular complexity index is 487. The second kappa shape index (κ2) is 5.08. The molecule has 4 heteroatoms. The Labute approximate surface area is 123 Å². The van der Waals surface area contributed by atoms with E-state index in [0.717, 1.165) is 17.9 Å². The molecule has 4 atom stereocenters. The van der Waals surface area contributed by atoms with Gasteiger partial charge in [0.15, 0.2) is 0 Å². The van der Waals surface area contributed by atoms with Crippen LogP contribution in [-0.4, -0.2) is 29.3 Å². The van der Waals surface area contributed by atoms with E-state index in [9.17, 15) is 4.79 Å². The lowest BCUT2D eigenvalue weighted by molar-refractivity contribution is -0.119. The molecule has 2 heterocycles. The normalized spacial score (nSPS) is 34.5. The van der Waals surface area contributed by atoms with Gasteiger partial charge in [-0.2, -0.15) is 0 Å². The molecule has 0 aliphatic carbocycles. The number of rotatable bonds is 2. The summed E-state index contributed by atoms with van der Waals surface area (Å²) in [6.07, 6.45) is 3.26. The molecule has 1 aromatic rings. The molecule has 2 saturated heterocycles. The first-order valence-corrected chi connectivity index (χ1v) is 7.50. The monoisotopic (exact) mass is 297 g/mol. The second-order valence-electron chi connectivity index (χ2n) is 5.69. The third-order valence-corrected chi connectivity index (χ3v) is 5.33. The van der Waals surface area contributed by atoms with E-state index in [-0.39, 0.29) is 17.1 Å². The van der Waals surface area contributed by atoms with Crippen LogP contribution >= 0.6 is 23.2 Å². The topological polar surface area (TPSA) is 20.3 Å². The second-order valence-corrected chi connectivity index (χ2v) is 6.50. The molecule has 0 aromatic heterocycles. The number of hydrogen-bond donors (Lipinski definition) is 0. The number of piperidine rings is 1. The van der Waals surface area contributed by atoms with Crippen molar-refractivity contribution < 1.29 is 4.79 Å². The molecule has 102 valence electrons. The highest BCUT2D eigenvalue weighted by atomic mass is 35.5. The molecule has 0 radical (unpaired) electrons. The van der Waals surface area contributed by atoms with Gasteiger partial charge in [-0.3, -0.25) is 9.69 Å². The van der Waals surface area contributed by atoms with Gasteiger partial charge in [-0.25, -0.2) is 0 Å². The van der Waals surface area contributed by atoms with Gasteiger partial charge in [-0.05, 0) is 61.5 Å². The lowest BCUT2D eigenvalue weighted by Gasteiger charge is -2.41. The van der Waals surface area contributed by atoms with Crippen molar-refractivity contribution in [1.82, 2.24) is 4.90 Å². The van der Waals surface area contributed by atoms with Crippen molar-refractivity contribution in [2.24, 2.45) is 5.92 Å². The van der Waals surface area contributed by atoms with Crippen molar-refractivity contribution in [2.45, 2.75) is 37.3 Å². The molecule has 0 saturated carbocycles. The predicted octanol–water partition coefficient (Wildman–Crippen LogP) is 3.67. The van der Waals surface area contributed by atoms with Crippen molar-refractivity contribution in [3.63, 3.8) is 0 Å². The van der Waals surface area contributed by atoms with Gasteiger partial charge in [0.1, 0.15) is 0 Å². The minimum absolute atomic E-state index is 0.0911. The maximum Gasteiger partial charge on any atom is 0.226 e. The molecular weight excluding hydrogens is 281 g/mol. The van der Waals surface area contributed by atoms with Crippen LogP contribution in [0.5, 0.6) is 0 Å². The van der Waals surface area contributed by atoms with Gasteiger partial charge in [-0.1, -0.05) is 23.7 Å². The highest BCUT2D eigenvalue weighted by molar-refractivity contribution is 6.64. The minimum atomic E-state index is -0.197. The Morgan fingerprint density at radius 2 is 1.95 bits per heavy atom. The van der Waals surface area contributed by atoms with Gasteiger partial charge in [-0.15, -0.1) is 0 Å². The van der Waals surface area contributed by atoms with Crippen molar-refractivity contribution in [3.05, 3.63) is 34.9 Å². The molecule has 0 spiro atoms. The standard InChI is InChI=1S/C15H17Cl2NO/c1-18-11-6-7-13(18)14(15(17)19)12(8-11)9-2-4-10(16)5-3-9/h2-5,11-14H,6-8H2,1H3. The Morgan fingerprint density at radius 1 is 1.26 bits per heavy atom. The average Bonchev–Trinajstić information content (AvgIpc) is 2.63. The quantitative estimate of drug-likeness (QED) is 0.776. The summed E-state index contributed by atoms with van der Waals surface area (Å²) in [5, 5.41) is 0.533. The van der Waals surface area contributed by atoms with Gasteiger partial charge in [0.05, 0.1) is 5.92 Å². The summed E-state index contributed by atoms with van der Waals surface area (Å²) in [6.45, 7) is 0. The molecule has 1 aromatic carbocycles. The van der Waals surface area contributed by atoms with Crippen LogP contribution in [0.4, 0.5) is 0 Å². The highest BCUT2D eigenvalue weighted by Crippen LogP contribution is 2.47. The summed E-state index contributed by atoms with van der Waals surface area (Å²) in [7, 11) is 2.12. The zero-order valence-corrected chi connectivity index (χ0v) is 12.4. The molecule has 19 heavy (non-hydrogen) atoms. The van der Waals surface area contributed by atoms with E-state index in [4.69, 9.17) is 23.2 Å². The molecule has 0 N–H and O–H groups in total. The highest BCUT2D eigenvalue weighted by Gasteiger charge is 2.48. The van der Waals surface area contributed by atoms with Crippen LogP contribution in [0.3, 0.4) is 0 Å². The van der Waals surface area contributed by atoms with Gasteiger partial charge >= 0.3 is 0 Å². The van der Waals surface area contributed by atoms with E-state index >= 15 is 0 Å². The van der Waals surface area contributed by atoms with Crippen LogP contribution in [-0.2, 0) is 4.79 Å². The predicted molar refractivity (Wildman–Crippen MR) is 77.7 cm³/mol. The SMILES string of the molecule is CN1C2CCC1C(C(=O)Cl)C(c1ccc(Cl)cc1)C2. The van der Waals surface area contributed by atoms with E-state index in [2.05, 4.69) is 11.9 Å². The summed E-state index contributed by atoms with van der Waals surface area (Å²) >= 11 is 11.8. The number of carbonyl (C=O) groups excluding carboxylic acids is 1. The maximum absolute atomic E-state index is 11.9. The first-order valence-electron chi connectivity index (χ1n) is 6.74. The van der Waals surface area contributed by atoms with Crippen LogP contribution in [0.2, 0.25) is 5.02 Å². The fraction of sp³-hybridized carbons (Fsp3) is 0.533. The molecule has 2 nitrogen and oxygen atoms in total. The number of nitrogens with zero attached hydrogens (tertiary/aromatic N) is 1. The molecule has 4 unspecified atom stereocenters. The Morgan fingerprint density at radius 3 is 2.58 bits per heavy atom. The van der Waals surface area contributed by atoms with Crippen molar-refractivity contribution in [2.75, 3.05) is 7.05 Å². The van der Waals surface area contributed by atoms with Gasteiger partial charge < -0.3 is 0 Å². The van der Waals surface area contributed by atoms with E-state index in [1.54, 1.807) is 0 Å². The lowest BCUT2D eigenvalue weighted by atomic mass is 9.77. The number of carbonyl (C=O) groups is 1. The molecule has 3 rings (SSSR count). The molecule has 2 aliphatic rings. The van der Waals surface area contributed by atoms with Crippen LogP contribution < -0.4 is 0 Å². The molecule has 2 aliphatic heterocycles. The first-order chi connectivity index (χ1) is 9.08. The molecule has 2 fully saturated rings. The third kappa shape index (κ3) is 2.31. The number of benzene rings is 1. The molecule has 0 amide bonds. The minimum Gasteiger partial charge on any atom is -0.300 e. The fourth-order valence-electron chi connectivity index (χ4n) is 3.83.